The Morgan fingerprint density at radius 1 is 1.04 bits per heavy atom. The minimum atomic E-state index is -0.331. The Balaban J connectivity index is 1.72. The molecule has 0 aliphatic heterocycles. The Morgan fingerprint density at radius 3 is 2.46 bits per heavy atom. The lowest BCUT2D eigenvalue weighted by Gasteiger charge is -2.13. The van der Waals surface area contributed by atoms with Crippen molar-refractivity contribution in [1.82, 2.24) is 15.4 Å². The van der Waals surface area contributed by atoms with E-state index in [4.69, 9.17) is 17.3 Å². The number of halogens is 2. The topological polar surface area (TPSA) is 105 Å². The van der Waals surface area contributed by atoms with Crippen molar-refractivity contribution >= 4 is 56.4 Å². The molecule has 9 heteroatoms. The first-order valence-electron chi connectivity index (χ1n) is 7.48. The summed E-state index contributed by atoms with van der Waals surface area (Å²) in [6.07, 6.45) is 1.33. The van der Waals surface area contributed by atoms with E-state index in [9.17, 15) is 4.79 Å². The van der Waals surface area contributed by atoms with Crippen LogP contribution in [0.4, 0.5) is 23.0 Å². The third kappa shape index (κ3) is 4.22. The van der Waals surface area contributed by atoms with E-state index < -0.39 is 0 Å². The van der Waals surface area contributed by atoms with Gasteiger partial charge in [-0.15, -0.1) is 0 Å². The van der Waals surface area contributed by atoms with E-state index in [0.717, 1.165) is 5.69 Å². The van der Waals surface area contributed by atoms with Crippen LogP contribution in [0.3, 0.4) is 0 Å². The number of hydrogen-bond acceptors (Lipinski definition) is 6. The molecule has 0 bridgehead atoms. The van der Waals surface area contributed by atoms with E-state index in [1.807, 2.05) is 6.07 Å². The van der Waals surface area contributed by atoms with Gasteiger partial charge in [-0.05, 0) is 52.3 Å². The number of carbonyl (C=O) groups is 1. The fraction of sp³-hybridized carbons (Fsp3) is 0. The second-order valence-corrected chi connectivity index (χ2v) is 6.47. The van der Waals surface area contributed by atoms with Crippen LogP contribution in [-0.4, -0.2) is 15.9 Å². The summed E-state index contributed by atoms with van der Waals surface area (Å²) < 4.78 is 0.681. The summed E-state index contributed by atoms with van der Waals surface area (Å²) >= 11 is 9.21. The van der Waals surface area contributed by atoms with Gasteiger partial charge in [0.15, 0.2) is 11.6 Å². The normalized spacial score (nSPS) is 10.2. The standard InChI is InChI=1S/C17H14BrClN6O/c18-13-4-2-1-3-12(13)17(26)25-24-16-14(20)15(21-9-22-16)23-11-7-5-10(19)6-8-11/h1-9H,20H2,(H,25,26)(H2,21,22,23,24). The van der Waals surface area contributed by atoms with Gasteiger partial charge in [0.1, 0.15) is 12.0 Å². The summed E-state index contributed by atoms with van der Waals surface area (Å²) in [5.74, 6) is 0.347. The Morgan fingerprint density at radius 2 is 1.73 bits per heavy atom. The molecule has 0 aliphatic rings. The molecule has 1 amide bonds. The molecular weight excluding hydrogens is 420 g/mol. The van der Waals surface area contributed by atoms with Crippen molar-refractivity contribution in [1.29, 1.82) is 0 Å². The van der Waals surface area contributed by atoms with Crippen LogP contribution in [0.25, 0.3) is 0 Å². The fourth-order valence-electron chi connectivity index (χ4n) is 2.09. The highest BCUT2D eigenvalue weighted by molar-refractivity contribution is 9.10. The maximum absolute atomic E-state index is 12.2. The quantitative estimate of drug-likeness (QED) is 0.454. The largest absolute Gasteiger partial charge is 0.393 e. The number of carbonyl (C=O) groups excluding carboxylic acids is 1. The minimum absolute atomic E-state index is 0.259. The van der Waals surface area contributed by atoms with Crippen LogP contribution in [0, 0.1) is 0 Å². The number of nitrogens with zero attached hydrogens (tertiary/aromatic N) is 2. The number of aromatic nitrogens is 2. The molecule has 0 aliphatic carbocycles. The number of anilines is 4. The second-order valence-electron chi connectivity index (χ2n) is 5.18. The van der Waals surface area contributed by atoms with Crippen molar-refractivity contribution in [2.75, 3.05) is 16.5 Å². The molecule has 0 spiro atoms. The number of amides is 1. The maximum atomic E-state index is 12.2. The van der Waals surface area contributed by atoms with Crippen molar-refractivity contribution in [3.63, 3.8) is 0 Å². The van der Waals surface area contributed by atoms with Crippen LogP contribution < -0.4 is 21.9 Å². The lowest BCUT2D eigenvalue weighted by atomic mass is 10.2. The zero-order valence-corrected chi connectivity index (χ0v) is 15.7. The second kappa shape index (κ2) is 8.03. The molecule has 3 aromatic rings. The summed E-state index contributed by atoms with van der Waals surface area (Å²) in [7, 11) is 0. The van der Waals surface area contributed by atoms with Crippen molar-refractivity contribution < 1.29 is 4.79 Å². The van der Waals surface area contributed by atoms with Gasteiger partial charge >= 0.3 is 0 Å². The zero-order chi connectivity index (χ0) is 18.5. The number of rotatable bonds is 5. The highest BCUT2D eigenvalue weighted by atomic mass is 79.9. The average Bonchev–Trinajstić information content (AvgIpc) is 2.64. The van der Waals surface area contributed by atoms with Gasteiger partial charge in [0, 0.05) is 15.2 Å². The molecule has 5 N–H and O–H groups in total. The van der Waals surface area contributed by atoms with Crippen LogP contribution in [0.5, 0.6) is 0 Å². The Kier molecular flexibility index (Phi) is 5.55. The first-order chi connectivity index (χ1) is 12.5. The summed E-state index contributed by atoms with van der Waals surface area (Å²) in [4.78, 5) is 20.4. The molecule has 3 rings (SSSR count). The van der Waals surface area contributed by atoms with Gasteiger partial charge in [-0.1, -0.05) is 23.7 Å². The average molecular weight is 434 g/mol. The van der Waals surface area contributed by atoms with E-state index >= 15 is 0 Å². The van der Waals surface area contributed by atoms with Gasteiger partial charge in [0.05, 0.1) is 5.56 Å². The van der Waals surface area contributed by atoms with E-state index in [2.05, 4.69) is 42.1 Å². The van der Waals surface area contributed by atoms with Gasteiger partial charge < -0.3 is 11.1 Å². The maximum Gasteiger partial charge on any atom is 0.270 e. The van der Waals surface area contributed by atoms with Crippen molar-refractivity contribution in [2.45, 2.75) is 0 Å². The molecule has 0 fully saturated rings. The van der Waals surface area contributed by atoms with Gasteiger partial charge in [0.25, 0.3) is 5.91 Å². The van der Waals surface area contributed by atoms with Crippen LogP contribution in [0.1, 0.15) is 10.4 Å². The lowest BCUT2D eigenvalue weighted by molar-refractivity contribution is 0.0962. The molecule has 1 heterocycles. The minimum Gasteiger partial charge on any atom is -0.393 e. The number of nitrogens with two attached hydrogens (primary N) is 1. The van der Waals surface area contributed by atoms with Crippen molar-refractivity contribution in [3.8, 4) is 0 Å². The van der Waals surface area contributed by atoms with E-state index in [1.165, 1.54) is 6.33 Å². The summed E-state index contributed by atoms with van der Waals surface area (Å²) in [6.45, 7) is 0. The molecule has 132 valence electrons. The molecule has 0 saturated heterocycles. The molecule has 0 unspecified atom stereocenters. The first-order valence-corrected chi connectivity index (χ1v) is 8.65. The van der Waals surface area contributed by atoms with E-state index in [0.29, 0.717) is 20.9 Å². The number of benzene rings is 2. The van der Waals surface area contributed by atoms with Crippen LogP contribution >= 0.6 is 27.5 Å². The van der Waals surface area contributed by atoms with Crippen LogP contribution in [-0.2, 0) is 0 Å². The molecule has 26 heavy (non-hydrogen) atoms. The zero-order valence-electron chi connectivity index (χ0n) is 13.3. The summed E-state index contributed by atoms with van der Waals surface area (Å²) in [5, 5.41) is 3.70. The Bertz CT molecular complexity index is 935. The predicted molar refractivity (Wildman–Crippen MR) is 106 cm³/mol. The van der Waals surface area contributed by atoms with Crippen molar-refractivity contribution in [2.24, 2.45) is 0 Å². The Hall–Kier alpha value is -2.84. The smallest absolute Gasteiger partial charge is 0.270 e. The first kappa shape index (κ1) is 18.0. The molecule has 0 saturated carbocycles. The number of nitrogens with one attached hydrogen (secondary N) is 3. The van der Waals surface area contributed by atoms with Crippen molar-refractivity contribution in [3.05, 3.63) is 69.9 Å². The molecular formula is C17H14BrClN6O. The SMILES string of the molecule is Nc1c(NNC(=O)c2ccccc2Br)ncnc1Nc1ccc(Cl)cc1. The molecule has 1 aromatic heterocycles. The van der Waals surface area contributed by atoms with Crippen LogP contribution in [0.2, 0.25) is 5.02 Å². The van der Waals surface area contributed by atoms with Gasteiger partial charge in [-0.3, -0.25) is 15.6 Å². The highest BCUT2D eigenvalue weighted by Crippen LogP contribution is 2.26. The monoisotopic (exact) mass is 432 g/mol. The third-order valence-corrected chi connectivity index (χ3v) is 4.35. The third-order valence-electron chi connectivity index (χ3n) is 3.40. The summed E-state index contributed by atoms with van der Waals surface area (Å²) in [6, 6.07) is 14.2. The van der Waals surface area contributed by atoms with Gasteiger partial charge in [-0.25, -0.2) is 9.97 Å². The number of hydrazine groups is 1. The highest BCUT2D eigenvalue weighted by Gasteiger charge is 2.12. The molecule has 0 radical (unpaired) electrons. The van der Waals surface area contributed by atoms with Gasteiger partial charge in [-0.2, -0.15) is 0 Å². The fourth-order valence-corrected chi connectivity index (χ4v) is 2.68. The van der Waals surface area contributed by atoms with Crippen LogP contribution in [0.15, 0.2) is 59.3 Å². The van der Waals surface area contributed by atoms with Gasteiger partial charge in [0.2, 0.25) is 0 Å². The molecule has 2 aromatic carbocycles. The lowest BCUT2D eigenvalue weighted by Crippen LogP contribution is -2.30. The predicted octanol–water partition coefficient (Wildman–Crippen LogP) is 3.98. The Labute approximate surface area is 163 Å². The number of hydrogen-bond donors (Lipinski definition) is 4. The molecule has 7 nitrogen and oxygen atoms in total. The summed E-state index contributed by atoms with van der Waals surface area (Å²) in [5.41, 5.74) is 12.9. The van der Waals surface area contributed by atoms with E-state index in [1.54, 1.807) is 42.5 Å². The number of nitrogen functional groups attached to an aromatic ring is 1. The molecule has 0 atom stereocenters. The van der Waals surface area contributed by atoms with E-state index in [-0.39, 0.29) is 17.4 Å².